The van der Waals surface area contributed by atoms with Gasteiger partial charge < -0.3 is 14.8 Å². The maximum atomic E-state index is 12.6. The number of carbonyl (C=O) groups excluding carboxylic acids is 2. The Morgan fingerprint density at radius 1 is 1.30 bits per heavy atom. The van der Waals surface area contributed by atoms with E-state index < -0.39 is 22.8 Å². The first-order valence-electron chi connectivity index (χ1n) is 8.12. The summed E-state index contributed by atoms with van der Waals surface area (Å²) < 4.78 is 10.0. The Kier molecular flexibility index (Phi) is 6.57. The van der Waals surface area contributed by atoms with Crippen LogP contribution in [0.15, 0.2) is 46.8 Å². The predicted octanol–water partition coefficient (Wildman–Crippen LogP) is 2.78. The van der Waals surface area contributed by atoms with Gasteiger partial charge in [-0.05, 0) is 19.4 Å². The van der Waals surface area contributed by atoms with Gasteiger partial charge in [0.15, 0.2) is 0 Å². The molecule has 0 saturated heterocycles. The Labute approximate surface area is 160 Å². The standard InChI is InChI=1S/C18H19ClN2O6/c1-4-27-18(23)14-10(2)20-13(9-19)16(17(22)26-3)15(14)11-6-5-7-12(8-11)21(24)25/h5-8,15,20H,4,9H2,1-3H3. The molecule has 1 aromatic carbocycles. The number of hydrogen-bond acceptors (Lipinski definition) is 7. The van der Waals surface area contributed by atoms with Crippen LogP contribution in [0.1, 0.15) is 25.3 Å². The number of non-ortho nitro benzene ring substituents is 1. The predicted molar refractivity (Wildman–Crippen MR) is 98.1 cm³/mol. The highest BCUT2D eigenvalue weighted by molar-refractivity contribution is 6.20. The molecule has 27 heavy (non-hydrogen) atoms. The molecule has 1 unspecified atom stereocenters. The maximum Gasteiger partial charge on any atom is 0.336 e. The summed E-state index contributed by atoms with van der Waals surface area (Å²) in [6.07, 6.45) is 0. The molecule has 1 aliphatic heterocycles. The van der Waals surface area contributed by atoms with Gasteiger partial charge in [0.2, 0.25) is 0 Å². The van der Waals surface area contributed by atoms with Crippen molar-refractivity contribution in [2.24, 2.45) is 0 Å². The van der Waals surface area contributed by atoms with Crippen molar-refractivity contribution in [1.82, 2.24) is 5.32 Å². The lowest BCUT2D eigenvalue weighted by molar-refractivity contribution is -0.384. The molecule has 1 aliphatic rings. The number of nitro benzene ring substituents is 1. The minimum absolute atomic E-state index is 0.0384. The van der Waals surface area contributed by atoms with Crippen LogP contribution in [0.2, 0.25) is 0 Å². The van der Waals surface area contributed by atoms with Crippen molar-refractivity contribution in [2.75, 3.05) is 19.6 Å². The molecular weight excluding hydrogens is 376 g/mol. The number of nitrogens with zero attached hydrogens (tertiary/aromatic N) is 1. The topological polar surface area (TPSA) is 108 Å². The molecule has 1 aromatic rings. The van der Waals surface area contributed by atoms with Gasteiger partial charge in [-0.3, -0.25) is 10.1 Å². The maximum absolute atomic E-state index is 12.6. The van der Waals surface area contributed by atoms with E-state index in [0.29, 0.717) is 17.0 Å². The highest BCUT2D eigenvalue weighted by Crippen LogP contribution is 2.40. The van der Waals surface area contributed by atoms with E-state index in [9.17, 15) is 19.7 Å². The molecule has 0 spiro atoms. The number of halogens is 1. The molecule has 0 bridgehead atoms. The molecule has 0 amide bonds. The third-order valence-corrected chi connectivity index (χ3v) is 4.36. The van der Waals surface area contributed by atoms with Gasteiger partial charge in [0, 0.05) is 23.5 Å². The summed E-state index contributed by atoms with van der Waals surface area (Å²) in [4.78, 5) is 35.7. The van der Waals surface area contributed by atoms with Crippen molar-refractivity contribution in [3.05, 3.63) is 62.5 Å². The van der Waals surface area contributed by atoms with E-state index in [1.165, 1.54) is 25.3 Å². The first-order valence-corrected chi connectivity index (χ1v) is 8.65. The first kappa shape index (κ1) is 20.4. The molecule has 0 radical (unpaired) electrons. The number of ether oxygens (including phenoxy) is 2. The number of hydrogen-bond donors (Lipinski definition) is 1. The molecule has 1 N–H and O–H groups in total. The van der Waals surface area contributed by atoms with Crippen LogP contribution < -0.4 is 5.32 Å². The molecule has 9 heteroatoms. The summed E-state index contributed by atoms with van der Waals surface area (Å²) >= 11 is 5.99. The number of dihydropyridines is 1. The lowest BCUT2D eigenvalue weighted by Gasteiger charge is -2.30. The Balaban J connectivity index is 2.74. The normalized spacial score (nSPS) is 16.7. The van der Waals surface area contributed by atoms with Crippen molar-refractivity contribution in [2.45, 2.75) is 19.8 Å². The van der Waals surface area contributed by atoms with Crippen LogP contribution in [0.25, 0.3) is 0 Å². The summed E-state index contributed by atoms with van der Waals surface area (Å²) in [5.74, 6) is -2.27. The van der Waals surface area contributed by atoms with Crippen molar-refractivity contribution in [1.29, 1.82) is 0 Å². The van der Waals surface area contributed by atoms with Crippen LogP contribution in [-0.4, -0.2) is 36.5 Å². The zero-order valence-corrected chi connectivity index (χ0v) is 15.8. The highest BCUT2D eigenvalue weighted by Gasteiger charge is 2.39. The summed E-state index contributed by atoms with van der Waals surface area (Å²) in [6.45, 7) is 3.45. The van der Waals surface area contributed by atoms with Gasteiger partial charge in [0.05, 0.1) is 41.6 Å². The van der Waals surface area contributed by atoms with Crippen LogP contribution in [0, 0.1) is 10.1 Å². The molecule has 144 valence electrons. The third-order valence-electron chi connectivity index (χ3n) is 4.09. The Hall–Kier alpha value is -2.87. The number of carbonyl (C=O) groups is 2. The van der Waals surface area contributed by atoms with E-state index in [-0.39, 0.29) is 29.3 Å². The lowest BCUT2D eigenvalue weighted by Crippen LogP contribution is -2.33. The quantitative estimate of drug-likeness (QED) is 0.342. The van der Waals surface area contributed by atoms with Gasteiger partial charge in [0.25, 0.3) is 5.69 Å². The number of methoxy groups -OCH3 is 1. The minimum Gasteiger partial charge on any atom is -0.466 e. The fourth-order valence-electron chi connectivity index (χ4n) is 2.98. The Bertz CT molecular complexity index is 846. The minimum atomic E-state index is -0.911. The van der Waals surface area contributed by atoms with Crippen LogP contribution >= 0.6 is 11.6 Å². The third kappa shape index (κ3) is 4.11. The van der Waals surface area contributed by atoms with Crippen LogP contribution in [0.5, 0.6) is 0 Å². The fraction of sp³-hybridized carbons (Fsp3) is 0.333. The molecule has 0 aliphatic carbocycles. The zero-order valence-electron chi connectivity index (χ0n) is 15.1. The van der Waals surface area contributed by atoms with Crippen LogP contribution in [0.3, 0.4) is 0 Å². The zero-order chi connectivity index (χ0) is 20.1. The first-order chi connectivity index (χ1) is 12.8. The lowest BCUT2D eigenvalue weighted by atomic mass is 9.80. The number of nitro groups is 1. The van der Waals surface area contributed by atoms with Gasteiger partial charge in [-0.1, -0.05) is 12.1 Å². The second kappa shape index (κ2) is 8.68. The van der Waals surface area contributed by atoms with Gasteiger partial charge in [-0.15, -0.1) is 11.6 Å². The van der Waals surface area contributed by atoms with Gasteiger partial charge >= 0.3 is 11.9 Å². The number of esters is 2. The summed E-state index contributed by atoms with van der Waals surface area (Å²) in [6, 6.07) is 5.74. The average Bonchev–Trinajstić information content (AvgIpc) is 2.66. The second-order valence-corrected chi connectivity index (χ2v) is 5.95. The van der Waals surface area contributed by atoms with Crippen molar-refractivity contribution >= 4 is 29.2 Å². The van der Waals surface area contributed by atoms with Gasteiger partial charge in [0.1, 0.15) is 0 Å². The molecule has 0 saturated carbocycles. The van der Waals surface area contributed by atoms with Gasteiger partial charge in [-0.2, -0.15) is 0 Å². The second-order valence-electron chi connectivity index (χ2n) is 5.69. The molecular formula is C18H19ClN2O6. The molecule has 8 nitrogen and oxygen atoms in total. The van der Waals surface area contributed by atoms with E-state index in [0.717, 1.165) is 0 Å². The molecule has 0 fully saturated rings. The summed E-state index contributed by atoms with van der Waals surface area (Å²) in [7, 11) is 1.21. The Morgan fingerprint density at radius 3 is 2.56 bits per heavy atom. The van der Waals surface area contributed by atoms with Crippen LogP contribution in [-0.2, 0) is 19.1 Å². The average molecular weight is 395 g/mol. The largest absolute Gasteiger partial charge is 0.466 e. The van der Waals surface area contributed by atoms with Crippen molar-refractivity contribution in [3.8, 4) is 0 Å². The smallest absolute Gasteiger partial charge is 0.336 e. The SMILES string of the molecule is CCOC(=O)C1=C(C)NC(CCl)=C(C(=O)OC)C1c1cccc([N+](=O)[O-])c1. The van der Waals surface area contributed by atoms with Crippen molar-refractivity contribution < 1.29 is 24.0 Å². The van der Waals surface area contributed by atoms with Gasteiger partial charge in [-0.25, -0.2) is 9.59 Å². The number of benzene rings is 1. The summed E-state index contributed by atoms with van der Waals surface area (Å²) in [5.41, 5.74) is 1.33. The van der Waals surface area contributed by atoms with E-state index >= 15 is 0 Å². The molecule has 0 aromatic heterocycles. The van der Waals surface area contributed by atoms with E-state index in [1.807, 2.05) is 0 Å². The number of rotatable bonds is 6. The van der Waals surface area contributed by atoms with Crippen LogP contribution in [0.4, 0.5) is 5.69 Å². The monoisotopic (exact) mass is 394 g/mol. The molecule has 2 rings (SSSR count). The molecule has 1 heterocycles. The number of alkyl halides is 1. The van der Waals surface area contributed by atoms with Crippen molar-refractivity contribution in [3.63, 3.8) is 0 Å². The Morgan fingerprint density at radius 2 is 2.00 bits per heavy atom. The highest BCUT2D eigenvalue weighted by atomic mass is 35.5. The summed E-state index contributed by atoms with van der Waals surface area (Å²) in [5, 5.41) is 14.1. The van der Waals surface area contributed by atoms with E-state index in [2.05, 4.69) is 5.32 Å². The van der Waals surface area contributed by atoms with E-state index in [4.69, 9.17) is 21.1 Å². The number of allylic oxidation sites excluding steroid dienone is 2. The fourth-order valence-corrected chi connectivity index (χ4v) is 3.19. The van der Waals surface area contributed by atoms with E-state index in [1.54, 1.807) is 19.9 Å². The number of nitrogens with one attached hydrogen (secondary N) is 1. The molecule has 1 atom stereocenters.